The molecule has 22 heavy (non-hydrogen) atoms. The van der Waals surface area contributed by atoms with Crippen molar-refractivity contribution in [2.24, 2.45) is 0 Å². The summed E-state index contributed by atoms with van der Waals surface area (Å²) in [5.74, 6) is 3.28. The minimum Gasteiger partial charge on any atom is -0.311 e. The molecule has 0 spiro atoms. The van der Waals surface area contributed by atoms with Gasteiger partial charge in [0.2, 0.25) is 0 Å². The molecule has 1 aliphatic heterocycles. The van der Waals surface area contributed by atoms with Gasteiger partial charge in [-0.25, -0.2) is 8.42 Å². The second-order valence-electron chi connectivity index (χ2n) is 7.68. The maximum atomic E-state index is 11.9. The van der Waals surface area contributed by atoms with Crippen molar-refractivity contribution in [2.45, 2.75) is 63.6 Å². The van der Waals surface area contributed by atoms with Crippen LogP contribution in [0.25, 0.3) is 0 Å². The van der Waals surface area contributed by atoms with E-state index in [9.17, 15) is 8.42 Å². The van der Waals surface area contributed by atoms with Crippen LogP contribution >= 0.6 is 0 Å². The van der Waals surface area contributed by atoms with E-state index in [1.54, 1.807) is 0 Å². The quantitative estimate of drug-likeness (QED) is 0.839. The summed E-state index contributed by atoms with van der Waals surface area (Å²) in [7, 11) is -2.91. The van der Waals surface area contributed by atoms with E-state index in [0.717, 1.165) is 5.82 Å². The molecule has 7 heteroatoms. The molecule has 0 amide bonds. The second-order valence-corrected chi connectivity index (χ2v) is 9.86. The highest BCUT2D eigenvalue weighted by Gasteiger charge is 2.40. The first-order valence-electron chi connectivity index (χ1n) is 8.25. The Hall–Kier alpha value is -0.950. The van der Waals surface area contributed by atoms with Gasteiger partial charge in [0.05, 0.1) is 18.1 Å². The first-order chi connectivity index (χ1) is 10.4. The Morgan fingerprint density at radius 2 is 1.91 bits per heavy atom. The predicted octanol–water partition coefficient (Wildman–Crippen LogP) is 1.50. The van der Waals surface area contributed by atoms with E-state index in [0.29, 0.717) is 25.0 Å². The van der Waals surface area contributed by atoms with E-state index in [-0.39, 0.29) is 17.0 Å². The topological polar surface area (TPSA) is 68.1 Å². The predicted molar refractivity (Wildman–Crippen MR) is 83.4 cm³/mol. The lowest BCUT2D eigenvalue weighted by molar-refractivity contribution is 0.125. The Morgan fingerprint density at radius 1 is 1.18 bits per heavy atom. The van der Waals surface area contributed by atoms with Crippen LogP contribution in [-0.4, -0.2) is 51.7 Å². The van der Waals surface area contributed by atoms with Crippen LogP contribution in [0.3, 0.4) is 0 Å². The molecule has 0 N–H and O–H groups in total. The van der Waals surface area contributed by atoms with Crippen LogP contribution in [-0.2, 0) is 16.4 Å². The average Bonchev–Trinajstić information content (AvgIpc) is 3.30. The van der Waals surface area contributed by atoms with Gasteiger partial charge >= 0.3 is 0 Å². The normalized spacial score (nSPS) is 27.9. The molecule has 0 aromatic carbocycles. The number of hydrogen-bond acceptors (Lipinski definition) is 5. The zero-order valence-electron chi connectivity index (χ0n) is 13.3. The molecule has 1 aromatic heterocycles. The molecule has 2 heterocycles. The molecule has 0 unspecified atom stereocenters. The summed E-state index contributed by atoms with van der Waals surface area (Å²) in [4.78, 5) is 2.26. The van der Waals surface area contributed by atoms with Crippen molar-refractivity contribution in [1.29, 1.82) is 0 Å². The maximum Gasteiger partial charge on any atom is 0.153 e. The van der Waals surface area contributed by atoms with E-state index < -0.39 is 9.84 Å². The fourth-order valence-electron chi connectivity index (χ4n) is 3.51. The highest BCUT2D eigenvalue weighted by Crippen LogP contribution is 2.45. The number of rotatable bonds is 4. The first-order valence-corrected chi connectivity index (χ1v) is 10.1. The van der Waals surface area contributed by atoms with Gasteiger partial charge in [-0.05, 0) is 39.5 Å². The highest BCUT2D eigenvalue weighted by molar-refractivity contribution is 7.91. The molecule has 2 saturated carbocycles. The van der Waals surface area contributed by atoms with Gasteiger partial charge in [-0.3, -0.25) is 4.90 Å². The Kier molecular flexibility index (Phi) is 3.17. The smallest absolute Gasteiger partial charge is 0.153 e. The molecule has 1 saturated heterocycles. The number of sulfone groups is 1. The van der Waals surface area contributed by atoms with Crippen LogP contribution in [0.5, 0.6) is 0 Å². The molecule has 122 valence electrons. The third-order valence-electron chi connectivity index (χ3n) is 5.08. The minimum atomic E-state index is -2.91. The van der Waals surface area contributed by atoms with E-state index in [1.807, 2.05) is 13.8 Å². The third kappa shape index (κ3) is 2.69. The Balaban J connectivity index is 1.58. The fourth-order valence-corrected chi connectivity index (χ4v) is 5.41. The third-order valence-corrected chi connectivity index (χ3v) is 7.03. The summed E-state index contributed by atoms with van der Waals surface area (Å²) in [6, 6.07) is 0.581. The monoisotopic (exact) mass is 324 g/mol. The van der Waals surface area contributed by atoms with Gasteiger partial charge in [-0.15, -0.1) is 10.2 Å². The molecule has 0 atom stereocenters. The largest absolute Gasteiger partial charge is 0.311 e. The lowest BCUT2D eigenvalue weighted by atomic mass is 10.1. The molecular formula is C15H24N4O2S. The van der Waals surface area contributed by atoms with Crippen molar-refractivity contribution in [3.63, 3.8) is 0 Å². The zero-order valence-corrected chi connectivity index (χ0v) is 14.1. The first kappa shape index (κ1) is 14.6. The van der Waals surface area contributed by atoms with Gasteiger partial charge in [-0.2, -0.15) is 0 Å². The van der Waals surface area contributed by atoms with Crippen LogP contribution in [0.4, 0.5) is 0 Å². The minimum absolute atomic E-state index is 0.229. The molecule has 0 bridgehead atoms. The summed E-state index contributed by atoms with van der Waals surface area (Å²) in [5.41, 5.74) is -0.336. The molecule has 0 radical (unpaired) electrons. The van der Waals surface area contributed by atoms with Gasteiger partial charge in [0.1, 0.15) is 11.6 Å². The van der Waals surface area contributed by atoms with Crippen molar-refractivity contribution in [3.05, 3.63) is 11.6 Å². The lowest BCUT2D eigenvalue weighted by Gasteiger charge is -2.41. The lowest BCUT2D eigenvalue weighted by Crippen LogP contribution is -2.55. The highest BCUT2D eigenvalue weighted by atomic mass is 32.2. The van der Waals surface area contributed by atoms with E-state index in [4.69, 9.17) is 0 Å². The summed E-state index contributed by atoms with van der Waals surface area (Å²) < 4.78 is 26.1. The summed E-state index contributed by atoms with van der Waals surface area (Å²) >= 11 is 0. The molecule has 6 nitrogen and oxygen atoms in total. The van der Waals surface area contributed by atoms with E-state index in [1.165, 1.54) is 31.5 Å². The SMILES string of the molecule is CC1(C)CS(=O)(=O)CCN1Cc1nnc(C2CC2)n1C1CC1. The number of hydrogen-bond donors (Lipinski definition) is 0. The molecule has 4 rings (SSSR count). The van der Waals surface area contributed by atoms with Crippen LogP contribution in [0.15, 0.2) is 0 Å². The number of nitrogens with zero attached hydrogens (tertiary/aromatic N) is 4. The van der Waals surface area contributed by atoms with Gasteiger partial charge < -0.3 is 4.57 Å². The zero-order chi connectivity index (χ0) is 15.5. The fraction of sp³-hybridized carbons (Fsp3) is 0.867. The molecular weight excluding hydrogens is 300 g/mol. The number of aromatic nitrogens is 3. The summed E-state index contributed by atoms with van der Waals surface area (Å²) in [5, 5.41) is 8.91. The van der Waals surface area contributed by atoms with Crippen molar-refractivity contribution in [1.82, 2.24) is 19.7 Å². The average molecular weight is 324 g/mol. The molecule has 3 fully saturated rings. The van der Waals surface area contributed by atoms with Crippen molar-refractivity contribution < 1.29 is 8.42 Å². The second kappa shape index (κ2) is 4.77. The van der Waals surface area contributed by atoms with Gasteiger partial charge in [-0.1, -0.05) is 0 Å². The van der Waals surface area contributed by atoms with Crippen molar-refractivity contribution in [3.8, 4) is 0 Å². The standard InChI is InChI=1S/C15H24N4O2S/c1-15(2)10-22(20,21)8-7-18(15)9-13-16-17-14(11-3-4-11)19(13)12-5-6-12/h11-12H,3-10H2,1-2H3. The maximum absolute atomic E-state index is 11.9. The Labute approximate surface area is 131 Å². The summed E-state index contributed by atoms with van der Waals surface area (Å²) in [6.45, 7) is 5.33. The van der Waals surface area contributed by atoms with Crippen LogP contribution in [0.2, 0.25) is 0 Å². The van der Waals surface area contributed by atoms with Crippen LogP contribution in [0, 0.1) is 0 Å². The van der Waals surface area contributed by atoms with Gasteiger partial charge in [0.25, 0.3) is 0 Å². The molecule has 1 aromatic rings. The van der Waals surface area contributed by atoms with Crippen molar-refractivity contribution in [2.75, 3.05) is 18.1 Å². The van der Waals surface area contributed by atoms with Crippen LogP contribution in [0.1, 0.15) is 63.1 Å². The van der Waals surface area contributed by atoms with E-state index >= 15 is 0 Å². The van der Waals surface area contributed by atoms with Crippen LogP contribution < -0.4 is 0 Å². The van der Waals surface area contributed by atoms with Gasteiger partial charge in [0, 0.05) is 24.0 Å². The molecule has 2 aliphatic carbocycles. The summed E-state index contributed by atoms with van der Waals surface area (Å²) in [6.07, 6.45) is 4.92. The Bertz CT molecular complexity index is 686. The van der Waals surface area contributed by atoms with E-state index in [2.05, 4.69) is 19.7 Å². The molecule has 3 aliphatic rings. The Morgan fingerprint density at radius 3 is 2.50 bits per heavy atom. The van der Waals surface area contributed by atoms with Gasteiger partial charge in [0.15, 0.2) is 9.84 Å². The van der Waals surface area contributed by atoms with Crippen molar-refractivity contribution >= 4 is 9.84 Å².